The Morgan fingerprint density at radius 3 is 2.49 bits per heavy atom. The van der Waals surface area contributed by atoms with Gasteiger partial charge in [-0.25, -0.2) is 13.2 Å². The second kappa shape index (κ2) is 11.0. The number of nitrogens with one attached hydrogen (secondary N) is 2. The molecular formula is C28H35F3N6O2. The van der Waals surface area contributed by atoms with Gasteiger partial charge in [0.05, 0.1) is 17.6 Å². The molecule has 1 amide bonds. The Hall–Kier alpha value is -3.47. The van der Waals surface area contributed by atoms with Crippen LogP contribution in [0.1, 0.15) is 67.8 Å². The number of nitrogens with zero attached hydrogens (tertiary/aromatic N) is 4. The monoisotopic (exact) mass is 544 g/mol. The average molecular weight is 545 g/mol. The summed E-state index contributed by atoms with van der Waals surface area (Å²) in [6.45, 7) is 8.41. The van der Waals surface area contributed by atoms with Crippen LogP contribution in [0, 0.1) is 17.2 Å². The molecule has 0 saturated heterocycles. The standard InChI is InChI=1S/C28H35F3N6O2/c1-17(2)10-32-11-18-8-20(25(39)37(12-18)13-23(30)31)24(38)34-22-9-19(6-7-21(22)29)28(14-27(3,4)15-28)26-35-33-16-36(26)5/h6-9,12,16-17,23,32H,10-11,13-15H2,1-5H3,(H,34,38). The summed E-state index contributed by atoms with van der Waals surface area (Å²) < 4.78 is 44.0. The Balaban J connectivity index is 1.67. The van der Waals surface area contributed by atoms with Gasteiger partial charge in [0.1, 0.15) is 23.5 Å². The highest BCUT2D eigenvalue weighted by Crippen LogP contribution is 2.58. The van der Waals surface area contributed by atoms with Crippen LogP contribution in [0.25, 0.3) is 0 Å². The largest absolute Gasteiger partial charge is 0.320 e. The van der Waals surface area contributed by atoms with Crippen LogP contribution >= 0.6 is 0 Å². The third-order valence-corrected chi connectivity index (χ3v) is 7.07. The zero-order chi connectivity index (χ0) is 28.5. The van der Waals surface area contributed by atoms with Crippen molar-refractivity contribution < 1.29 is 18.0 Å². The molecule has 2 aromatic heterocycles. The van der Waals surface area contributed by atoms with Gasteiger partial charge in [-0.2, -0.15) is 0 Å². The van der Waals surface area contributed by atoms with Gasteiger partial charge < -0.3 is 19.8 Å². The highest BCUT2D eigenvalue weighted by molar-refractivity contribution is 6.04. The number of aromatic nitrogens is 4. The minimum Gasteiger partial charge on any atom is -0.320 e. The smallest absolute Gasteiger partial charge is 0.263 e. The Labute approximate surface area is 225 Å². The topological polar surface area (TPSA) is 93.8 Å². The fourth-order valence-electron chi connectivity index (χ4n) is 5.65. The highest BCUT2D eigenvalue weighted by Gasteiger charge is 2.54. The van der Waals surface area contributed by atoms with Gasteiger partial charge in [0.15, 0.2) is 0 Å². The molecule has 0 atom stereocenters. The van der Waals surface area contributed by atoms with Gasteiger partial charge >= 0.3 is 0 Å². The quantitative estimate of drug-likeness (QED) is 0.393. The van der Waals surface area contributed by atoms with Crippen LogP contribution in [0.3, 0.4) is 0 Å². The summed E-state index contributed by atoms with van der Waals surface area (Å²) >= 11 is 0. The summed E-state index contributed by atoms with van der Waals surface area (Å²) in [6.07, 6.45) is 1.64. The summed E-state index contributed by atoms with van der Waals surface area (Å²) in [5.74, 6) is -0.462. The average Bonchev–Trinajstić information content (AvgIpc) is 3.26. The first-order valence-corrected chi connectivity index (χ1v) is 13.0. The molecule has 210 valence electrons. The fraction of sp³-hybridized carbons (Fsp3) is 0.500. The lowest BCUT2D eigenvalue weighted by Gasteiger charge is -2.52. The summed E-state index contributed by atoms with van der Waals surface area (Å²) in [5.41, 5.74) is -0.542. The van der Waals surface area contributed by atoms with Crippen LogP contribution < -0.4 is 16.2 Å². The van der Waals surface area contributed by atoms with Crippen molar-refractivity contribution in [1.82, 2.24) is 24.6 Å². The SMILES string of the molecule is CC(C)CNCc1cc(C(=O)Nc2cc(C3(c4nncn4C)CC(C)(C)C3)ccc2F)c(=O)n(CC(F)F)c1. The van der Waals surface area contributed by atoms with Crippen LogP contribution in [0.4, 0.5) is 18.9 Å². The Morgan fingerprint density at radius 1 is 1.18 bits per heavy atom. The molecule has 0 unspecified atom stereocenters. The van der Waals surface area contributed by atoms with Crippen LogP contribution in [0.5, 0.6) is 0 Å². The maximum Gasteiger partial charge on any atom is 0.263 e. The number of halogens is 3. The molecule has 2 N–H and O–H groups in total. The normalized spacial score (nSPS) is 15.9. The molecule has 11 heteroatoms. The van der Waals surface area contributed by atoms with Crippen molar-refractivity contribution in [2.75, 3.05) is 11.9 Å². The summed E-state index contributed by atoms with van der Waals surface area (Å²) in [4.78, 5) is 26.2. The summed E-state index contributed by atoms with van der Waals surface area (Å²) in [6, 6.07) is 5.87. The summed E-state index contributed by atoms with van der Waals surface area (Å²) in [7, 11) is 1.85. The minimum absolute atomic E-state index is 0.0313. The first-order chi connectivity index (χ1) is 18.3. The number of amides is 1. The summed E-state index contributed by atoms with van der Waals surface area (Å²) in [5, 5.41) is 14.0. The second-order valence-electron chi connectivity index (χ2n) is 11.6. The van der Waals surface area contributed by atoms with E-state index in [2.05, 4.69) is 34.7 Å². The Kier molecular flexibility index (Phi) is 8.02. The number of hydrogen-bond acceptors (Lipinski definition) is 5. The van der Waals surface area contributed by atoms with E-state index in [1.165, 1.54) is 18.3 Å². The number of aryl methyl sites for hydroxylation is 1. The van der Waals surface area contributed by atoms with E-state index < -0.39 is 35.7 Å². The third kappa shape index (κ3) is 6.08. The third-order valence-electron chi connectivity index (χ3n) is 7.07. The molecule has 0 bridgehead atoms. The maximum atomic E-state index is 15.0. The van der Waals surface area contributed by atoms with E-state index in [1.54, 1.807) is 18.5 Å². The number of pyridine rings is 1. The first-order valence-electron chi connectivity index (χ1n) is 13.0. The number of carbonyl (C=O) groups is 1. The van der Waals surface area contributed by atoms with Crippen LogP contribution in [0.2, 0.25) is 0 Å². The molecule has 0 radical (unpaired) electrons. The van der Waals surface area contributed by atoms with Gasteiger partial charge in [-0.3, -0.25) is 9.59 Å². The van der Waals surface area contributed by atoms with E-state index in [9.17, 15) is 22.8 Å². The minimum atomic E-state index is -2.78. The Bertz CT molecular complexity index is 1400. The molecule has 4 rings (SSSR count). The lowest BCUT2D eigenvalue weighted by Crippen LogP contribution is -2.49. The lowest BCUT2D eigenvalue weighted by atomic mass is 9.51. The molecule has 1 aliphatic carbocycles. The van der Waals surface area contributed by atoms with Gasteiger partial charge in [0.2, 0.25) is 0 Å². The van der Waals surface area contributed by atoms with Gasteiger partial charge in [0, 0.05) is 19.8 Å². The predicted molar refractivity (Wildman–Crippen MR) is 142 cm³/mol. The zero-order valence-corrected chi connectivity index (χ0v) is 22.9. The first kappa shape index (κ1) is 28.5. The van der Waals surface area contributed by atoms with Crippen molar-refractivity contribution in [2.45, 2.75) is 65.5 Å². The van der Waals surface area contributed by atoms with Crippen molar-refractivity contribution >= 4 is 11.6 Å². The van der Waals surface area contributed by atoms with Gasteiger partial charge in [-0.15, -0.1) is 10.2 Å². The van der Waals surface area contributed by atoms with Gasteiger partial charge in [-0.05, 0) is 60.0 Å². The molecule has 0 spiro atoms. The van der Waals surface area contributed by atoms with Crippen LogP contribution in [0.15, 0.2) is 41.6 Å². The molecule has 39 heavy (non-hydrogen) atoms. The van der Waals surface area contributed by atoms with Gasteiger partial charge in [0.25, 0.3) is 17.9 Å². The molecule has 0 aliphatic heterocycles. The van der Waals surface area contributed by atoms with Crippen LogP contribution in [-0.4, -0.2) is 38.2 Å². The predicted octanol–water partition coefficient (Wildman–Crippen LogP) is 4.49. The molecule has 1 aromatic carbocycles. The molecule has 2 heterocycles. The Morgan fingerprint density at radius 2 is 1.90 bits per heavy atom. The lowest BCUT2D eigenvalue weighted by molar-refractivity contribution is 0.0790. The van der Waals surface area contributed by atoms with E-state index in [0.717, 1.165) is 28.8 Å². The van der Waals surface area contributed by atoms with E-state index in [1.807, 2.05) is 25.5 Å². The molecule has 1 aliphatic rings. The number of benzene rings is 1. The van der Waals surface area contributed by atoms with Crippen molar-refractivity contribution in [1.29, 1.82) is 0 Å². The van der Waals surface area contributed by atoms with Crippen LogP contribution in [-0.2, 0) is 25.6 Å². The van der Waals surface area contributed by atoms with E-state index in [0.29, 0.717) is 18.0 Å². The molecular weight excluding hydrogens is 509 g/mol. The van der Waals surface area contributed by atoms with E-state index in [-0.39, 0.29) is 23.2 Å². The second-order valence-corrected chi connectivity index (χ2v) is 11.6. The fourth-order valence-corrected chi connectivity index (χ4v) is 5.65. The van der Waals surface area contributed by atoms with Crippen molar-refractivity contribution in [3.8, 4) is 0 Å². The van der Waals surface area contributed by atoms with E-state index in [4.69, 9.17) is 0 Å². The number of carbonyl (C=O) groups excluding carboxylic acids is 1. The van der Waals surface area contributed by atoms with Crippen molar-refractivity contribution in [2.24, 2.45) is 18.4 Å². The maximum absolute atomic E-state index is 15.0. The molecule has 3 aromatic rings. The molecule has 8 nitrogen and oxygen atoms in total. The number of anilines is 1. The van der Waals surface area contributed by atoms with Gasteiger partial charge in [-0.1, -0.05) is 33.8 Å². The zero-order valence-electron chi connectivity index (χ0n) is 22.9. The molecule has 1 saturated carbocycles. The number of alkyl halides is 2. The number of rotatable bonds is 10. The van der Waals surface area contributed by atoms with E-state index >= 15 is 0 Å². The highest BCUT2D eigenvalue weighted by atomic mass is 19.3. The van der Waals surface area contributed by atoms with Crippen molar-refractivity contribution in [3.05, 3.63) is 75.5 Å². The number of hydrogen-bond donors (Lipinski definition) is 2. The molecule has 1 fully saturated rings. The van der Waals surface area contributed by atoms with Crippen molar-refractivity contribution in [3.63, 3.8) is 0 Å².